The highest BCUT2D eigenvalue weighted by atomic mass is 19.1. The predicted molar refractivity (Wildman–Crippen MR) is 66.3 cm³/mol. The number of hydrogen-bond acceptors (Lipinski definition) is 2. The van der Waals surface area contributed by atoms with Crippen molar-refractivity contribution in [1.29, 1.82) is 5.26 Å². The van der Waals surface area contributed by atoms with Gasteiger partial charge in [0.15, 0.2) is 0 Å². The number of nitriles is 1. The third-order valence-corrected chi connectivity index (χ3v) is 3.09. The van der Waals surface area contributed by atoms with Crippen molar-refractivity contribution in [1.82, 2.24) is 0 Å². The average Bonchev–Trinajstić information content (AvgIpc) is 3.12. The zero-order valence-corrected chi connectivity index (χ0v) is 10.1. The molecule has 0 heterocycles. The molecule has 0 aliphatic heterocycles. The van der Waals surface area contributed by atoms with E-state index in [1.54, 1.807) is 12.1 Å². The Morgan fingerprint density at radius 2 is 2.24 bits per heavy atom. The van der Waals surface area contributed by atoms with Gasteiger partial charge >= 0.3 is 0 Å². The minimum Gasteiger partial charge on any atom is -0.369 e. The van der Waals surface area contributed by atoms with Crippen molar-refractivity contribution in [2.24, 2.45) is 5.92 Å². The quantitative estimate of drug-likeness (QED) is 0.778. The van der Waals surface area contributed by atoms with Gasteiger partial charge in [-0.3, -0.25) is 0 Å². The van der Waals surface area contributed by atoms with Crippen molar-refractivity contribution < 1.29 is 4.39 Å². The number of anilines is 1. The minimum atomic E-state index is -0.279. The summed E-state index contributed by atoms with van der Waals surface area (Å²) < 4.78 is 13.9. The molecule has 0 amide bonds. The third-order valence-electron chi connectivity index (χ3n) is 3.09. The molecule has 2 rings (SSSR count). The minimum absolute atomic E-state index is 0.279. The molecule has 0 atom stereocenters. The standard InChI is InChI=1S/C14H17FN2/c1-2-7-17(10-11-3-4-11)14-6-5-12(9-16)8-13(14)15/h5-6,8,11H,2-4,7,10H2,1H3. The average molecular weight is 232 g/mol. The summed E-state index contributed by atoms with van der Waals surface area (Å²) in [5.41, 5.74) is 1.02. The van der Waals surface area contributed by atoms with Crippen molar-refractivity contribution in [3.05, 3.63) is 29.6 Å². The van der Waals surface area contributed by atoms with Crippen molar-refractivity contribution in [2.45, 2.75) is 26.2 Å². The summed E-state index contributed by atoms with van der Waals surface area (Å²) in [6.45, 7) is 3.91. The van der Waals surface area contributed by atoms with E-state index >= 15 is 0 Å². The Morgan fingerprint density at radius 1 is 1.47 bits per heavy atom. The summed E-state index contributed by atoms with van der Waals surface area (Å²) in [6, 6.07) is 6.70. The smallest absolute Gasteiger partial charge is 0.147 e. The van der Waals surface area contributed by atoms with Gasteiger partial charge in [-0.1, -0.05) is 6.92 Å². The normalized spacial score (nSPS) is 14.4. The zero-order valence-electron chi connectivity index (χ0n) is 10.1. The van der Waals surface area contributed by atoms with Crippen LogP contribution in [0.25, 0.3) is 0 Å². The highest BCUT2D eigenvalue weighted by molar-refractivity contribution is 5.51. The van der Waals surface area contributed by atoms with Gasteiger partial charge in [0.1, 0.15) is 5.82 Å². The Morgan fingerprint density at radius 3 is 2.76 bits per heavy atom. The van der Waals surface area contributed by atoms with Gasteiger partial charge in [-0.25, -0.2) is 4.39 Å². The summed E-state index contributed by atoms with van der Waals surface area (Å²) in [5.74, 6) is 0.453. The molecule has 0 aromatic heterocycles. The van der Waals surface area contributed by atoms with Gasteiger partial charge in [-0.2, -0.15) is 5.26 Å². The van der Waals surface area contributed by atoms with E-state index in [1.807, 2.05) is 6.07 Å². The van der Waals surface area contributed by atoms with Gasteiger partial charge in [0.05, 0.1) is 17.3 Å². The van der Waals surface area contributed by atoms with Crippen LogP contribution in [0.1, 0.15) is 31.7 Å². The van der Waals surface area contributed by atoms with E-state index in [1.165, 1.54) is 18.9 Å². The zero-order chi connectivity index (χ0) is 12.3. The van der Waals surface area contributed by atoms with E-state index in [-0.39, 0.29) is 5.82 Å². The van der Waals surface area contributed by atoms with Crippen LogP contribution in [0.15, 0.2) is 18.2 Å². The second-order valence-corrected chi connectivity index (χ2v) is 4.67. The molecule has 0 saturated heterocycles. The number of rotatable bonds is 5. The van der Waals surface area contributed by atoms with Crippen molar-refractivity contribution in [3.8, 4) is 6.07 Å². The fourth-order valence-electron chi connectivity index (χ4n) is 2.03. The summed E-state index contributed by atoms with van der Waals surface area (Å²) in [5, 5.41) is 8.72. The Bertz CT molecular complexity index is 432. The molecule has 1 aliphatic carbocycles. The predicted octanol–water partition coefficient (Wildman–Crippen LogP) is 3.32. The van der Waals surface area contributed by atoms with E-state index in [2.05, 4.69) is 11.8 Å². The fraction of sp³-hybridized carbons (Fsp3) is 0.500. The Balaban J connectivity index is 2.18. The number of hydrogen-bond donors (Lipinski definition) is 0. The van der Waals surface area contributed by atoms with Crippen LogP contribution in [0.2, 0.25) is 0 Å². The molecular weight excluding hydrogens is 215 g/mol. The lowest BCUT2D eigenvalue weighted by atomic mass is 10.2. The lowest BCUT2D eigenvalue weighted by Crippen LogP contribution is -2.27. The maximum Gasteiger partial charge on any atom is 0.147 e. The lowest BCUT2D eigenvalue weighted by Gasteiger charge is -2.24. The molecule has 0 N–H and O–H groups in total. The third kappa shape index (κ3) is 2.97. The van der Waals surface area contributed by atoms with Crippen LogP contribution >= 0.6 is 0 Å². The Hall–Kier alpha value is -1.56. The van der Waals surface area contributed by atoms with Gasteiger partial charge in [-0.05, 0) is 43.4 Å². The van der Waals surface area contributed by atoms with Crippen LogP contribution in [0, 0.1) is 23.1 Å². The van der Waals surface area contributed by atoms with E-state index in [0.717, 1.165) is 25.4 Å². The van der Waals surface area contributed by atoms with E-state index in [4.69, 9.17) is 5.26 Å². The molecule has 0 bridgehead atoms. The molecule has 2 nitrogen and oxygen atoms in total. The van der Waals surface area contributed by atoms with Gasteiger partial charge in [0.25, 0.3) is 0 Å². The molecule has 17 heavy (non-hydrogen) atoms. The topological polar surface area (TPSA) is 27.0 Å². The lowest BCUT2D eigenvalue weighted by molar-refractivity contribution is 0.608. The van der Waals surface area contributed by atoms with E-state index < -0.39 is 0 Å². The van der Waals surface area contributed by atoms with Crippen molar-refractivity contribution in [3.63, 3.8) is 0 Å². The van der Waals surface area contributed by atoms with E-state index in [0.29, 0.717) is 11.3 Å². The van der Waals surface area contributed by atoms with Crippen molar-refractivity contribution >= 4 is 5.69 Å². The highest BCUT2D eigenvalue weighted by Crippen LogP contribution is 2.32. The maximum atomic E-state index is 13.9. The van der Waals surface area contributed by atoms with E-state index in [9.17, 15) is 4.39 Å². The summed E-state index contributed by atoms with van der Waals surface area (Å²) in [4.78, 5) is 2.11. The second kappa shape index (κ2) is 5.18. The molecule has 1 saturated carbocycles. The Labute approximate surface area is 102 Å². The first kappa shape index (κ1) is 11.9. The number of nitrogens with zero attached hydrogens (tertiary/aromatic N) is 2. The largest absolute Gasteiger partial charge is 0.369 e. The fourth-order valence-corrected chi connectivity index (χ4v) is 2.03. The molecule has 0 spiro atoms. The summed E-state index contributed by atoms with van der Waals surface area (Å²) >= 11 is 0. The molecule has 1 aromatic carbocycles. The van der Waals surface area contributed by atoms with Gasteiger partial charge in [-0.15, -0.1) is 0 Å². The highest BCUT2D eigenvalue weighted by Gasteiger charge is 2.25. The molecule has 1 aromatic rings. The molecule has 3 heteroatoms. The molecular formula is C14H17FN2. The van der Waals surface area contributed by atoms with Crippen LogP contribution in [0.5, 0.6) is 0 Å². The van der Waals surface area contributed by atoms with Gasteiger partial charge in [0, 0.05) is 13.1 Å². The molecule has 0 radical (unpaired) electrons. The molecule has 1 fully saturated rings. The maximum absolute atomic E-state index is 13.9. The van der Waals surface area contributed by atoms with Crippen LogP contribution < -0.4 is 4.90 Å². The van der Waals surface area contributed by atoms with Crippen LogP contribution in [0.4, 0.5) is 10.1 Å². The first-order valence-electron chi connectivity index (χ1n) is 6.19. The first-order valence-corrected chi connectivity index (χ1v) is 6.19. The van der Waals surface area contributed by atoms with Crippen molar-refractivity contribution in [2.75, 3.05) is 18.0 Å². The van der Waals surface area contributed by atoms with Crippen LogP contribution in [0.3, 0.4) is 0 Å². The number of benzene rings is 1. The second-order valence-electron chi connectivity index (χ2n) is 4.67. The monoisotopic (exact) mass is 232 g/mol. The van der Waals surface area contributed by atoms with Gasteiger partial charge < -0.3 is 4.90 Å². The summed E-state index contributed by atoms with van der Waals surface area (Å²) in [6.07, 6.45) is 3.53. The van der Waals surface area contributed by atoms with Crippen LogP contribution in [-0.2, 0) is 0 Å². The molecule has 90 valence electrons. The molecule has 0 unspecified atom stereocenters. The van der Waals surface area contributed by atoms with Crippen LogP contribution in [-0.4, -0.2) is 13.1 Å². The SMILES string of the molecule is CCCN(CC1CC1)c1ccc(C#N)cc1F. The van der Waals surface area contributed by atoms with Gasteiger partial charge in [0.2, 0.25) is 0 Å². The number of halogens is 1. The summed E-state index contributed by atoms with van der Waals surface area (Å²) in [7, 11) is 0. The first-order chi connectivity index (χ1) is 8.24. The molecule has 1 aliphatic rings. The Kier molecular flexibility index (Phi) is 3.63.